The molecular formula is C11H12BrN3O5. The number of urea groups is 1. The average Bonchev–Trinajstić information content (AvgIpc) is 2.31. The van der Waals surface area contributed by atoms with Crippen molar-refractivity contribution in [2.75, 3.05) is 5.32 Å². The van der Waals surface area contributed by atoms with Gasteiger partial charge in [-0.05, 0) is 35.8 Å². The number of carbonyl (C=O) groups is 2. The maximum Gasteiger partial charge on any atom is 0.325 e. The Kier molecular flexibility index (Phi) is 5.03. The Morgan fingerprint density at radius 3 is 2.55 bits per heavy atom. The predicted molar refractivity (Wildman–Crippen MR) is 74.8 cm³/mol. The first-order valence-corrected chi connectivity index (χ1v) is 6.26. The van der Waals surface area contributed by atoms with Crippen LogP contribution in [0.3, 0.4) is 0 Å². The number of carbonyl (C=O) groups excluding carboxylic acids is 1. The summed E-state index contributed by atoms with van der Waals surface area (Å²) in [6, 6.07) is 0.853. The Morgan fingerprint density at radius 2 is 2.05 bits per heavy atom. The fraction of sp³-hybridized carbons (Fsp3) is 0.273. The number of aliphatic carboxylic acids is 1. The van der Waals surface area contributed by atoms with Gasteiger partial charge in [-0.3, -0.25) is 14.9 Å². The van der Waals surface area contributed by atoms with Crippen LogP contribution in [0.2, 0.25) is 0 Å². The van der Waals surface area contributed by atoms with Crippen LogP contribution in [0.25, 0.3) is 0 Å². The largest absolute Gasteiger partial charge is 0.480 e. The predicted octanol–water partition coefficient (Wildman–Crippen LogP) is 2.26. The molecule has 2 amide bonds. The summed E-state index contributed by atoms with van der Waals surface area (Å²) >= 11 is 3.17. The van der Waals surface area contributed by atoms with E-state index < -0.39 is 23.0 Å². The number of halogens is 1. The summed E-state index contributed by atoms with van der Waals surface area (Å²) in [6.45, 7) is 2.87. The molecule has 0 spiro atoms. The first-order chi connectivity index (χ1) is 9.22. The van der Waals surface area contributed by atoms with Crippen LogP contribution in [-0.4, -0.2) is 28.1 Å². The summed E-state index contributed by atoms with van der Waals surface area (Å²) in [5.41, 5.74) is 0.471. The average molecular weight is 346 g/mol. The van der Waals surface area contributed by atoms with Gasteiger partial charge in [0.1, 0.15) is 6.04 Å². The Hall–Kier alpha value is -2.16. The highest BCUT2D eigenvalue weighted by Gasteiger charge is 2.18. The summed E-state index contributed by atoms with van der Waals surface area (Å²) in [5, 5.41) is 24.0. The number of aryl methyl sites for hydroxylation is 1. The van der Waals surface area contributed by atoms with E-state index in [4.69, 9.17) is 5.11 Å². The van der Waals surface area contributed by atoms with Crippen LogP contribution >= 0.6 is 15.9 Å². The summed E-state index contributed by atoms with van der Waals surface area (Å²) in [5.74, 6) is -1.19. The van der Waals surface area contributed by atoms with Crippen molar-refractivity contribution in [3.8, 4) is 0 Å². The number of nitrogens with one attached hydrogen (secondary N) is 2. The van der Waals surface area contributed by atoms with E-state index in [9.17, 15) is 19.7 Å². The van der Waals surface area contributed by atoms with Crippen molar-refractivity contribution in [3.05, 3.63) is 32.3 Å². The van der Waals surface area contributed by atoms with Gasteiger partial charge in [-0.25, -0.2) is 4.79 Å². The van der Waals surface area contributed by atoms with Crippen molar-refractivity contribution in [2.24, 2.45) is 0 Å². The lowest BCUT2D eigenvalue weighted by Gasteiger charge is -2.12. The third kappa shape index (κ3) is 3.92. The number of hydrogen-bond acceptors (Lipinski definition) is 4. The van der Waals surface area contributed by atoms with Crippen molar-refractivity contribution in [1.82, 2.24) is 5.32 Å². The number of nitrogens with zero attached hydrogens (tertiary/aromatic N) is 1. The quantitative estimate of drug-likeness (QED) is 0.570. The second-order valence-corrected chi connectivity index (χ2v) is 4.89. The second kappa shape index (κ2) is 6.33. The first-order valence-electron chi connectivity index (χ1n) is 5.47. The lowest BCUT2D eigenvalue weighted by molar-refractivity contribution is -0.385. The van der Waals surface area contributed by atoms with Crippen LogP contribution in [0.4, 0.5) is 16.2 Å². The molecule has 1 atom stereocenters. The van der Waals surface area contributed by atoms with Gasteiger partial charge in [-0.1, -0.05) is 0 Å². The minimum absolute atomic E-state index is 0.144. The summed E-state index contributed by atoms with van der Waals surface area (Å²) in [4.78, 5) is 32.4. The van der Waals surface area contributed by atoms with Crippen molar-refractivity contribution in [2.45, 2.75) is 19.9 Å². The number of benzene rings is 1. The van der Waals surface area contributed by atoms with Crippen LogP contribution in [0.15, 0.2) is 16.6 Å². The van der Waals surface area contributed by atoms with E-state index in [2.05, 4.69) is 26.6 Å². The molecule has 0 aromatic heterocycles. The maximum absolute atomic E-state index is 11.6. The molecule has 1 unspecified atom stereocenters. The zero-order valence-electron chi connectivity index (χ0n) is 10.6. The number of nitro groups is 1. The molecule has 8 nitrogen and oxygen atoms in total. The standard InChI is InChI=1S/C11H12BrN3O5/c1-5-3-7(12)8(4-9(5)15(19)20)14-11(18)13-6(2)10(16)17/h3-4,6H,1-2H3,(H,16,17)(H2,13,14,18). The highest BCUT2D eigenvalue weighted by atomic mass is 79.9. The highest BCUT2D eigenvalue weighted by Crippen LogP contribution is 2.30. The Balaban J connectivity index is 2.92. The maximum atomic E-state index is 11.6. The molecule has 20 heavy (non-hydrogen) atoms. The van der Waals surface area contributed by atoms with E-state index >= 15 is 0 Å². The van der Waals surface area contributed by atoms with Gasteiger partial charge in [0.15, 0.2) is 0 Å². The van der Waals surface area contributed by atoms with Crippen molar-refractivity contribution in [1.29, 1.82) is 0 Å². The molecule has 0 aliphatic heterocycles. The molecule has 0 fully saturated rings. The minimum atomic E-state index is -1.19. The van der Waals surface area contributed by atoms with E-state index in [0.717, 1.165) is 0 Å². The normalized spacial score (nSPS) is 11.6. The number of anilines is 1. The molecule has 1 rings (SSSR count). The summed E-state index contributed by atoms with van der Waals surface area (Å²) < 4.78 is 0.457. The van der Waals surface area contributed by atoms with Gasteiger partial charge < -0.3 is 15.7 Å². The van der Waals surface area contributed by atoms with Crippen LogP contribution in [-0.2, 0) is 4.79 Å². The third-order valence-electron chi connectivity index (χ3n) is 2.45. The molecule has 0 aliphatic carbocycles. The van der Waals surface area contributed by atoms with Gasteiger partial charge in [0.05, 0.1) is 10.6 Å². The van der Waals surface area contributed by atoms with Gasteiger partial charge in [0, 0.05) is 16.1 Å². The van der Waals surface area contributed by atoms with E-state index in [-0.39, 0.29) is 11.4 Å². The Labute approximate surface area is 122 Å². The van der Waals surface area contributed by atoms with Gasteiger partial charge >= 0.3 is 12.0 Å². The monoisotopic (exact) mass is 345 g/mol. The minimum Gasteiger partial charge on any atom is -0.480 e. The molecule has 0 aliphatic rings. The Bertz CT molecular complexity index is 575. The van der Waals surface area contributed by atoms with E-state index in [0.29, 0.717) is 10.0 Å². The van der Waals surface area contributed by atoms with E-state index in [1.165, 1.54) is 19.1 Å². The van der Waals surface area contributed by atoms with Crippen molar-refractivity contribution >= 4 is 39.3 Å². The van der Waals surface area contributed by atoms with Gasteiger partial charge in [0.2, 0.25) is 0 Å². The molecular weight excluding hydrogens is 334 g/mol. The fourth-order valence-corrected chi connectivity index (χ4v) is 1.93. The van der Waals surface area contributed by atoms with Gasteiger partial charge in [0.25, 0.3) is 5.69 Å². The lowest BCUT2D eigenvalue weighted by atomic mass is 10.2. The molecule has 0 saturated heterocycles. The summed E-state index contributed by atoms with van der Waals surface area (Å²) in [7, 11) is 0. The molecule has 0 heterocycles. The molecule has 1 aromatic carbocycles. The number of hydrogen-bond donors (Lipinski definition) is 3. The smallest absolute Gasteiger partial charge is 0.325 e. The molecule has 3 N–H and O–H groups in total. The lowest BCUT2D eigenvalue weighted by Crippen LogP contribution is -2.40. The molecule has 0 radical (unpaired) electrons. The number of carboxylic acid groups (broad SMARTS) is 1. The molecule has 1 aromatic rings. The first kappa shape index (κ1) is 15.9. The van der Waals surface area contributed by atoms with E-state index in [1.54, 1.807) is 6.92 Å². The number of amides is 2. The summed E-state index contributed by atoms with van der Waals surface area (Å²) in [6.07, 6.45) is 0. The van der Waals surface area contributed by atoms with Crippen LogP contribution < -0.4 is 10.6 Å². The number of carboxylic acids is 1. The van der Waals surface area contributed by atoms with E-state index in [1.807, 2.05) is 0 Å². The van der Waals surface area contributed by atoms with Crippen LogP contribution in [0.1, 0.15) is 12.5 Å². The topological polar surface area (TPSA) is 122 Å². The molecule has 108 valence electrons. The zero-order chi connectivity index (χ0) is 15.4. The van der Waals surface area contributed by atoms with Crippen molar-refractivity contribution in [3.63, 3.8) is 0 Å². The molecule has 9 heteroatoms. The third-order valence-corrected chi connectivity index (χ3v) is 3.10. The van der Waals surface area contributed by atoms with Crippen LogP contribution in [0.5, 0.6) is 0 Å². The Morgan fingerprint density at radius 1 is 1.45 bits per heavy atom. The van der Waals surface area contributed by atoms with Gasteiger partial charge in [-0.2, -0.15) is 0 Å². The van der Waals surface area contributed by atoms with Gasteiger partial charge in [-0.15, -0.1) is 0 Å². The molecule has 0 saturated carbocycles. The molecule has 0 bridgehead atoms. The SMILES string of the molecule is Cc1cc(Br)c(NC(=O)NC(C)C(=O)O)cc1[N+](=O)[O-]. The highest BCUT2D eigenvalue weighted by molar-refractivity contribution is 9.10. The fourth-order valence-electron chi connectivity index (χ4n) is 1.37. The number of nitro benzene ring substituents is 1. The number of rotatable bonds is 4. The van der Waals surface area contributed by atoms with Crippen molar-refractivity contribution < 1.29 is 19.6 Å². The zero-order valence-corrected chi connectivity index (χ0v) is 12.2. The second-order valence-electron chi connectivity index (χ2n) is 4.03. The van der Waals surface area contributed by atoms with Crippen LogP contribution in [0, 0.1) is 17.0 Å².